The Morgan fingerprint density at radius 2 is 1.65 bits per heavy atom. The Morgan fingerprint density at radius 1 is 0.900 bits per heavy atom. The summed E-state index contributed by atoms with van der Waals surface area (Å²) in [5.41, 5.74) is 0. The zero-order valence-corrected chi connectivity index (χ0v) is 12.2. The molecule has 0 heterocycles. The van der Waals surface area contributed by atoms with Crippen LogP contribution in [0, 0.1) is 11.8 Å². The van der Waals surface area contributed by atoms with Crippen molar-refractivity contribution >= 4 is 0 Å². The molecule has 2 rings (SSSR count). The van der Waals surface area contributed by atoms with Crippen LogP contribution in [0.5, 0.6) is 0 Å². The fourth-order valence-corrected chi connectivity index (χ4v) is 3.61. The van der Waals surface area contributed by atoms with Gasteiger partial charge in [0, 0.05) is 19.1 Å². The van der Waals surface area contributed by atoms with Gasteiger partial charge in [-0.15, -0.1) is 0 Å². The molecule has 0 aliphatic heterocycles. The SMILES string of the molecule is CCCOC1CCC2CC(OCC)C(F)C(F)C2C1F. The lowest BCUT2D eigenvalue weighted by Gasteiger charge is -2.46. The van der Waals surface area contributed by atoms with E-state index in [2.05, 4.69) is 0 Å². The van der Waals surface area contributed by atoms with E-state index in [9.17, 15) is 13.2 Å². The van der Waals surface area contributed by atoms with Gasteiger partial charge in [-0.05, 0) is 38.5 Å². The van der Waals surface area contributed by atoms with Crippen molar-refractivity contribution in [2.24, 2.45) is 11.8 Å². The minimum atomic E-state index is -1.78. The quantitative estimate of drug-likeness (QED) is 0.771. The summed E-state index contributed by atoms with van der Waals surface area (Å²) in [6.45, 7) is 4.54. The summed E-state index contributed by atoms with van der Waals surface area (Å²) >= 11 is 0. The summed E-state index contributed by atoms with van der Waals surface area (Å²) in [4.78, 5) is 0. The maximum absolute atomic E-state index is 14.5. The predicted octanol–water partition coefficient (Wildman–Crippen LogP) is 3.63. The average molecular weight is 294 g/mol. The standard InChI is InChI=1S/C15H25F3O2/c1-3-7-20-10-6-5-9-8-11(19-4-2)14(17)15(18)12(9)13(10)16/h9-15H,3-8H2,1-2H3. The van der Waals surface area contributed by atoms with Crippen LogP contribution in [-0.2, 0) is 9.47 Å². The minimum absolute atomic E-state index is 0.134. The monoisotopic (exact) mass is 294 g/mol. The van der Waals surface area contributed by atoms with Gasteiger partial charge in [-0.1, -0.05) is 6.92 Å². The molecule has 0 N–H and O–H groups in total. The van der Waals surface area contributed by atoms with Crippen molar-refractivity contribution in [2.45, 2.75) is 70.3 Å². The first-order valence-electron chi connectivity index (χ1n) is 7.75. The molecule has 20 heavy (non-hydrogen) atoms. The molecule has 0 bridgehead atoms. The molecule has 0 amide bonds. The van der Waals surface area contributed by atoms with Crippen LogP contribution < -0.4 is 0 Å². The Balaban J connectivity index is 2.03. The molecule has 0 spiro atoms. The predicted molar refractivity (Wildman–Crippen MR) is 71.0 cm³/mol. The van der Waals surface area contributed by atoms with Crippen LogP contribution in [-0.4, -0.2) is 43.9 Å². The molecule has 0 saturated heterocycles. The second kappa shape index (κ2) is 7.12. The van der Waals surface area contributed by atoms with Gasteiger partial charge in [0.15, 0.2) is 6.17 Å². The fraction of sp³-hybridized carbons (Fsp3) is 1.00. The molecular formula is C15H25F3O2. The van der Waals surface area contributed by atoms with Crippen molar-refractivity contribution in [1.29, 1.82) is 0 Å². The van der Waals surface area contributed by atoms with Crippen LogP contribution in [0.3, 0.4) is 0 Å². The van der Waals surface area contributed by atoms with Gasteiger partial charge >= 0.3 is 0 Å². The Bertz CT molecular complexity index is 292. The molecule has 7 atom stereocenters. The summed E-state index contributed by atoms with van der Waals surface area (Å²) in [6.07, 6.45) is -3.72. The number of halogens is 3. The highest BCUT2D eigenvalue weighted by Crippen LogP contribution is 2.46. The summed E-state index contributed by atoms with van der Waals surface area (Å²) in [7, 11) is 0. The Morgan fingerprint density at radius 3 is 2.30 bits per heavy atom. The second-order valence-electron chi connectivity index (χ2n) is 5.89. The van der Waals surface area contributed by atoms with Crippen molar-refractivity contribution in [3.05, 3.63) is 0 Å². The lowest BCUT2D eigenvalue weighted by atomic mass is 9.66. The van der Waals surface area contributed by atoms with Gasteiger partial charge in [0.05, 0.1) is 12.2 Å². The maximum Gasteiger partial charge on any atom is 0.157 e. The largest absolute Gasteiger partial charge is 0.375 e. The third-order valence-electron chi connectivity index (χ3n) is 4.57. The normalized spacial score (nSPS) is 45.1. The first-order chi connectivity index (χ1) is 9.60. The summed E-state index contributed by atoms with van der Waals surface area (Å²) < 4.78 is 53.5. The topological polar surface area (TPSA) is 18.5 Å². The van der Waals surface area contributed by atoms with E-state index in [-0.39, 0.29) is 5.92 Å². The van der Waals surface area contributed by atoms with Crippen LogP contribution in [0.1, 0.15) is 39.5 Å². The molecule has 2 saturated carbocycles. The van der Waals surface area contributed by atoms with Gasteiger partial charge in [0.25, 0.3) is 0 Å². The van der Waals surface area contributed by atoms with Gasteiger partial charge < -0.3 is 9.47 Å². The molecule has 0 aromatic carbocycles. The van der Waals surface area contributed by atoms with E-state index in [1.54, 1.807) is 6.92 Å². The number of rotatable bonds is 5. The highest BCUT2D eigenvalue weighted by Gasteiger charge is 2.53. The van der Waals surface area contributed by atoms with E-state index in [0.29, 0.717) is 32.5 Å². The minimum Gasteiger partial charge on any atom is -0.375 e. The third-order valence-corrected chi connectivity index (χ3v) is 4.57. The number of hydrogen-bond acceptors (Lipinski definition) is 2. The maximum atomic E-state index is 14.5. The van der Waals surface area contributed by atoms with Crippen molar-refractivity contribution in [3.8, 4) is 0 Å². The molecule has 0 radical (unpaired) electrons. The molecule has 2 nitrogen and oxygen atoms in total. The number of ether oxygens (including phenoxy) is 2. The lowest BCUT2D eigenvalue weighted by Crippen LogP contribution is -2.55. The smallest absolute Gasteiger partial charge is 0.157 e. The van der Waals surface area contributed by atoms with E-state index in [1.165, 1.54) is 0 Å². The molecule has 0 aromatic heterocycles. The Hall–Kier alpha value is -0.290. The molecule has 2 aliphatic rings. The van der Waals surface area contributed by atoms with Crippen LogP contribution >= 0.6 is 0 Å². The summed E-state index contributed by atoms with van der Waals surface area (Å²) in [6, 6.07) is 0. The van der Waals surface area contributed by atoms with Gasteiger partial charge in [0.1, 0.15) is 12.3 Å². The van der Waals surface area contributed by atoms with Crippen LogP contribution in [0.2, 0.25) is 0 Å². The van der Waals surface area contributed by atoms with Gasteiger partial charge in [-0.25, -0.2) is 13.2 Å². The van der Waals surface area contributed by atoms with Gasteiger partial charge in [-0.2, -0.15) is 0 Å². The molecule has 0 aromatic rings. The summed E-state index contributed by atoms with van der Waals surface area (Å²) in [5.74, 6) is -1.01. The highest BCUT2D eigenvalue weighted by molar-refractivity contribution is 5.01. The number of fused-ring (bicyclic) bond motifs is 1. The first-order valence-corrected chi connectivity index (χ1v) is 7.75. The third kappa shape index (κ3) is 3.14. The molecular weight excluding hydrogens is 269 g/mol. The van der Waals surface area contributed by atoms with Crippen molar-refractivity contribution in [1.82, 2.24) is 0 Å². The molecule has 2 aliphatic carbocycles. The number of alkyl halides is 3. The zero-order valence-electron chi connectivity index (χ0n) is 12.2. The van der Waals surface area contributed by atoms with Gasteiger partial charge in [0.2, 0.25) is 0 Å². The van der Waals surface area contributed by atoms with E-state index in [1.807, 2.05) is 6.92 Å². The molecule has 2 fully saturated rings. The second-order valence-corrected chi connectivity index (χ2v) is 5.89. The average Bonchev–Trinajstić information content (AvgIpc) is 2.43. The van der Waals surface area contributed by atoms with Crippen LogP contribution in [0.4, 0.5) is 13.2 Å². The lowest BCUT2D eigenvalue weighted by molar-refractivity contribution is -0.149. The summed E-state index contributed by atoms with van der Waals surface area (Å²) in [5, 5.41) is 0. The highest BCUT2D eigenvalue weighted by atomic mass is 19.2. The fourth-order valence-electron chi connectivity index (χ4n) is 3.61. The van der Waals surface area contributed by atoms with Crippen molar-refractivity contribution < 1.29 is 22.6 Å². The first kappa shape index (κ1) is 16.1. The van der Waals surface area contributed by atoms with E-state index in [4.69, 9.17) is 9.47 Å². The van der Waals surface area contributed by atoms with E-state index in [0.717, 1.165) is 6.42 Å². The van der Waals surface area contributed by atoms with E-state index < -0.39 is 36.6 Å². The van der Waals surface area contributed by atoms with Crippen LogP contribution in [0.25, 0.3) is 0 Å². The van der Waals surface area contributed by atoms with Gasteiger partial charge in [-0.3, -0.25) is 0 Å². The molecule has 118 valence electrons. The zero-order chi connectivity index (χ0) is 14.7. The van der Waals surface area contributed by atoms with Crippen LogP contribution in [0.15, 0.2) is 0 Å². The Labute approximate surface area is 119 Å². The Kier molecular flexibility index (Phi) is 5.73. The molecule has 7 unspecified atom stereocenters. The molecule has 5 heteroatoms. The van der Waals surface area contributed by atoms with E-state index >= 15 is 0 Å². The number of hydrogen-bond donors (Lipinski definition) is 0. The van der Waals surface area contributed by atoms with Crippen molar-refractivity contribution in [2.75, 3.05) is 13.2 Å². The van der Waals surface area contributed by atoms with Crippen molar-refractivity contribution in [3.63, 3.8) is 0 Å².